The molecule has 1 fully saturated rings. The molecule has 1 aliphatic rings. The van der Waals surface area contributed by atoms with Crippen molar-refractivity contribution < 1.29 is 9.84 Å². The predicted octanol–water partition coefficient (Wildman–Crippen LogP) is 1.35. The summed E-state index contributed by atoms with van der Waals surface area (Å²) in [6.07, 6.45) is 2.22. The highest BCUT2D eigenvalue weighted by Crippen LogP contribution is 2.27. The number of aliphatic hydroxyl groups is 1. The van der Waals surface area contributed by atoms with Gasteiger partial charge in [0.15, 0.2) is 0 Å². The number of hydrogen-bond acceptors (Lipinski definition) is 2. The molecule has 1 N–H and O–H groups in total. The van der Waals surface area contributed by atoms with Gasteiger partial charge in [0.2, 0.25) is 0 Å². The maximum absolute atomic E-state index is 9.35. The lowest BCUT2D eigenvalue weighted by molar-refractivity contribution is -0.0120. The molecule has 1 aliphatic heterocycles. The first-order valence-electron chi connectivity index (χ1n) is 4.11. The first kappa shape index (κ1) is 8.75. The summed E-state index contributed by atoms with van der Waals surface area (Å²) in [6, 6.07) is 0. The fraction of sp³-hybridized carbons (Fsp3) is 0.778. The molecule has 0 radical (unpaired) electrons. The molecule has 1 rings (SSSR count). The quantitative estimate of drug-likeness (QED) is 0.611. The third-order valence-electron chi connectivity index (χ3n) is 2.42. The maximum atomic E-state index is 9.35. The average Bonchev–Trinajstić information content (AvgIpc) is 2.31. The SMILES string of the molecule is C=CC(O)C1C[C@@H](C)[C@H](C)O1. The molecule has 2 unspecified atom stereocenters. The average molecular weight is 156 g/mol. The molecular weight excluding hydrogens is 140 g/mol. The van der Waals surface area contributed by atoms with Crippen molar-refractivity contribution in [1.29, 1.82) is 0 Å². The Morgan fingerprint density at radius 3 is 2.64 bits per heavy atom. The van der Waals surface area contributed by atoms with E-state index in [1.807, 2.05) is 6.92 Å². The van der Waals surface area contributed by atoms with Crippen molar-refractivity contribution in [3.63, 3.8) is 0 Å². The van der Waals surface area contributed by atoms with Crippen LogP contribution in [0, 0.1) is 5.92 Å². The van der Waals surface area contributed by atoms with E-state index in [1.54, 1.807) is 0 Å². The van der Waals surface area contributed by atoms with Crippen LogP contribution in [0.15, 0.2) is 12.7 Å². The summed E-state index contributed by atoms with van der Waals surface area (Å²) < 4.78 is 5.50. The van der Waals surface area contributed by atoms with Gasteiger partial charge in [-0.25, -0.2) is 0 Å². The highest BCUT2D eigenvalue weighted by molar-refractivity contribution is 4.90. The van der Waals surface area contributed by atoms with E-state index in [9.17, 15) is 5.11 Å². The molecule has 0 amide bonds. The Morgan fingerprint density at radius 2 is 2.27 bits per heavy atom. The van der Waals surface area contributed by atoms with Crippen LogP contribution < -0.4 is 0 Å². The van der Waals surface area contributed by atoms with Crippen LogP contribution in [0.25, 0.3) is 0 Å². The van der Waals surface area contributed by atoms with Gasteiger partial charge in [0.1, 0.15) is 0 Å². The lowest BCUT2D eigenvalue weighted by Gasteiger charge is -2.13. The van der Waals surface area contributed by atoms with Gasteiger partial charge in [0.25, 0.3) is 0 Å². The maximum Gasteiger partial charge on any atom is 0.0980 e. The van der Waals surface area contributed by atoms with Crippen molar-refractivity contribution in [2.45, 2.75) is 38.6 Å². The Bertz CT molecular complexity index is 134. The van der Waals surface area contributed by atoms with E-state index < -0.39 is 6.10 Å². The number of hydrogen-bond donors (Lipinski definition) is 1. The second-order valence-electron chi connectivity index (χ2n) is 3.32. The zero-order valence-electron chi connectivity index (χ0n) is 7.16. The van der Waals surface area contributed by atoms with E-state index in [0.29, 0.717) is 5.92 Å². The van der Waals surface area contributed by atoms with Crippen molar-refractivity contribution in [3.8, 4) is 0 Å². The molecule has 0 bridgehead atoms. The Balaban J connectivity index is 2.46. The van der Waals surface area contributed by atoms with E-state index in [4.69, 9.17) is 4.74 Å². The lowest BCUT2D eigenvalue weighted by Crippen LogP contribution is -2.23. The Morgan fingerprint density at radius 1 is 1.64 bits per heavy atom. The van der Waals surface area contributed by atoms with E-state index in [1.165, 1.54) is 6.08 Å². The summed E-state index contributed by atoms with van der Waals surface area (Å²) in [5.74, 6) is 0.551. The Kier molecular flexibility index (Phi) is 2.68. The highest BCUT2D eigenvalue weighted by atomic mass is 16.5. The molecule has 0 saturated carbocycles. The van der Waals surface area contributed by atoms with E-state index in [0.717, 1.165) is 6.42 Å². The van der Waals surface area contributed by atoms with E-state index in [2.05, 4.69) is 13.5 Å². The van der Waals surface area contributed by atoms with Gasteiger partial charge >= 0.3 is 0 Å². The molecule has 0 spiro atoms. The lowest BCUT2D eigenvalue weighted by atomic mass is 10.0. The predicted molar refractivity (Wildman–Crippen MR) is 44.3 cm³/mol. The highest BCUT2D eigenvalue weighted by Gasteiger charge is 2.32. The molecule has 0 aromatic carbocycles. The number of aliphatic hydroxyl groups excluding tert-OH is 1. The second-order valence-corrected chi connectivity index (χ2v) is 3.32. The monoisotopic (exact) mass is 156 g/mol. The minimum atomic E-state index is -0.498. The molecule has 0 aliphatic carbocycles. The summed E-state index contributed by atoms with van der Waals surface area (Å²) in [7, 11) is 0. The zero-order chi connectivity index (χ0) is 8.43. The fourth-order valence-corrected chi connectivity index (χ4v) is 1.40. The smallest absolute Gasteiger partial charge is 0.0980 e. The third kappa shape index (κ3) is 1.82. The van der Waals surface area contributed by atoms with Crippen LogP contribution in [0.5, 0.6) is 0 Å². The standard InChI is InChI=1S/C9H16O2/c1-4-8(10)9-5-6(2)7(3)11-9/h4,6-10H,1,5H2,2-3H3/t6-,7+,8?,9?/m1/s1. The summed E-state index contributed by atoms with van der Waals surface area (Å²) in [5.41, 5.74) is 0. The van der Waals surface area contributed by atoms with Crippen molar-refractivity contribution in [2.75, 3.05) is 0 Å². The van der Waals surface area contributed by atoms with Crippen LogP contribution in [0.2, 0.25) is 0 Å². The third-order valence-corrected chi connectivity index (χ3v) is 2.42. The van der Waals surface area contributed by atoms with Crippen LogP contribution in [0.1, 0.15) is 20.3 Å². The topological polar surface area (TPSA) is 29.5 Å². The van der Waals surface area contributed by atoms with Crippen LogP contribution >= 0.6 is 0 Å². The first-order chi connectivity index (χ1) is 5.15. The summed E-state index contributed by atoms with van der Waals surface area (Å²) in [5, 5.41) is 9.35. The van der Waals surface area contributed by atoms with Crippen molar-refractivity contribution >= 4 is 0 Å². The molecular formula is C9H16O2. The van der Waals surface area contributed by atoms with Crippen molar-refractivity contribution in [1.82, 2.24) is 0 Å². The molecule has 1 saturated heterocycles. The van der Waals surface area contributed by atoms with Crippen LogP contribution in [-0.4, -0.2) is 23.4 Å². The Hall–Kier alpha value is -0.340. The molecule has 4 atom stereocenters. The van der Waals surface area contributed by atoms with Gasteiger partial charge in [-0.05, 0) is 19.3 Å². The summed E-state index contributed by atoms with van der Waals surface area (Å²) in [6.45, 7) is 7.71. The van der Waals surface area contributed by atoms with Crippen LogP contribution in [-0.2, 0) is 4.74 Å². The van der Waals surface area contributed by atoms with Crippen LogP contribution in [0.4, 0.5) is 0 Å². The van der Waals surface area contributed by atoms with Gasteiger partial charge in [-0.1, -0.05) is 13.0 Å². The van der Waals surface area contributed by atoms with Gasteiger partial charge < -0.3 is 9.84 Å². The number of ether oxygens (including phenoxy) is 1. The molecule has 2 heteroatoms. The van der Waals surface area contributed by atoms with Gasteiger partial charge in [-0.2, -0.15) is 0 Å². The normalized spacial score (nSPS) is 40.5. The molecule has 1 heterocycles. The van der Waals surface area contributed by atoms with Gasteiger partial charge in [-0.3, -0.25) is 0 Å². The van der Waals surface area contributed by atoms with E-state index in [-0.39, 0.29) is 12.2 Å². The minimum absolute atomic E-state index is 0.0301. The first-order valence-corrected chi connectivity index (χ1v) is 4.11. The minimum Gasteiger partial charge on any atom is -0.386 e. The Labute approximate surface area is 67.9 Å². The molecule has 0 aromatic rings. The molecule has 2 nitrogen and oxygen atoms in total. The van der Waals surface area contributed by atoms with Gasteiger partial charge in [-0.15, -0.1) is 6.58 Å². The molecule has 11 heavy (non-hydrogen) atoms. The molecule has 64 valence electrons. The summed E-state index contributed by atoms with van der Waals surface area (Å²) >= 11 is 0. The van der Waals surface area contributed by atoms with E-state index >= 15 is 0 Å². The van der Waals surface area contributed by atoms with Crippen molar-refractivity contribution in [3.05, 3.63) is 12.7 Å². The summed E-state index contributed by atoms with van der Waals surface area (Å²) in [4.78, 5) is 0. The molecule has 0 aromatic heterocycles. The van der Waals surface area contributed by atoms with Gasteiger partial charge in [0.05, 0.1) is 18.3 Å². The van der Waals surface area contributed by atoms with Gasteiger partial charge in [0, 0.05) is 0 Å². The fourth-order valence-electron chi connectivity index (χ4n) is 1.40. The van der Waals surface area contributed by atoms with Crippen LogP contribution in [0.3, 0.4) is 0 Å². The zero-order valence-corrected chi connectivity index (χ0v) is 7.16. The number of rotatable bonds is 2. The largest absolute Gasteiger partial charge is 0.386 e. The second kappa shape index (κ2) is 3.37. The van der Waals surface area contributed by atoms with Crippen molar-refractivity contribution in [2.24, 2.45) is 5.92 Å².